The fourth-order valence-electron chi connectivity index (χ4n) is 2.77. The van der Waals surface area contributed by atoms with Crippen molar-refractivity contribution in [2.75, 3.05) is 12.9 Å². The van der Waals surface area contributed by atoms with Crippen molar-refractivity contribution in [1.82, 2.24) is 0 Å². The van der Waals surface area contributed by atoms with Crippen LogP contribution in [0.5, 0.6) is 0 Å². The molecule has 0 unspecified atom stereocenters. The first kappa shape index (κ1) is 23.0. The van der Waals surface area contributed by atoms with Gasteiger partial charge in [0.25, 0.3) is 0 Å². The second kappa shape index (κ2) is 10.9. The van der Waals surface area contributed by atoms with Crippen LogP contribution in [-0.2, 0) is 19.4 Å². The SMILES string of the molecule is C#C[C@@H]1CCC[C@H]1c1ccc(/C=C/C(=O)OCC)cc1.CC(C)S(C)(=O)=O.[HH]. The van der Waals surface area contributed by atoms with Crippen molar-refractivity contribution in [1.29, 1.82) is 0 Å². The quantitative estimate of drug-likeness (QED) is 0.421. The molecule has 0 spiro atoms. The van der Waals surface area contributed by atoms with E-state index in [0.29, 0.717) is 18.4 Å². The number of carbonyl (C=O) groups is 1. The summed E-state index contributed by atoms with van der Waals surface area (Å²) in [6.07, 6.45) is 13.6. The van der Waals surface area contributed by atoms with Crippen LogP contribution >= 0.6 is 0 Å². The highest BCUT2D eigenvalue weighted by Crippen LogP contribution is 2.39. The average Bonchev–Trinajstić information content (AvgIpc) is 3.09. The van der Waals surface area contributed by atoms with Crippen LogP contribution in [0.4, 0.5) is 0 Å². The van der Waals surface area contributed by atoms with Crippen LogP contribution in [0.1, 0.15) is 58.5 Å². The lowest BCUT2D eigenvalue weighted by molar-refractivity contribution is -0.137. The average molecular weight is 393 g/mol. The molecule has 0 aromatic heterocycles. The summed E-state index contributed by atoms with van der Waals surface area (Å²) in [4.78, 5) is 11.2. The Bertz CT molecular complexity index is 774. The van der Waals surface area contributed by atoms with Crippen molar-refractivity contribution in [3.8, 4) is 12.3 Å². The molecular formula is C22H32O4S. The molecule has 0 heterocycles. The van der Waals surface area contributed by atoms with E-state index in [9.17, 15) is 13.2 Å². The molecule has 1 aliphatic carbocycles. The van der Waals surface area contributed by atoms with Crippen LogP contribution in [0.2, 0.25) is 0 Å². The maximum atomic E-state index is 11.2. The molecule has 2 atom stereocenters. The number of esters is 1. The Morgan fingerprint density at radius 3 is 2.41 bits per heavy atom. The van der Waals surface area contributed by atoms with Gasteiger partial charge >= 0.3 is 5.97 Å². The largest absolute Gasteiger partial charge is 0.463 e. The number of ether oxygens (including phenoxy) is 1. The summed E-state index contributed by atoms with van der Waals surface area (Å²) in [6.45, 7) is 5.52. The number of sulfone groups is 1. The molecule has 0 amide bonds. The summed E-state index contributed by atoms with van der Waals surface area (Å²) < 4.78 is 25.5. The third-order valence-electron chi connectivity index (χ3n) is 4.65. The minimum absolute atomic E-state index is 0. The highest BCUT2D eigenvalue weighted by Gasteiger charge is 2.26. The van der Waals surface area contributed by atoms with Crippen molar-refractivity contribution in [2.45, 2.75) is 51.2 Å². The van der Waals surface area contributed by atoms with Crippen molar-refractivity contribution in [3.63, 3.8) is 0 Å². The van der Waals surface area contributed by atoms with Gasteiger partial charge in [-0.05, 0) is 56.7 Å². The standard InChI is InChI=1S/C18H20O2.C4H10O2S.H2/c1-3-15-6-5-7-17(15)16-11-8-14(9-12-16)10-13-18(19)20-4-2;1-4(2)7(3,5)6;/h1,8-13,15,17H,4-7H2,2H3;4H,1-3H3;1H/b13-10+;;/t15-,17-;;/m1../s1. The smallest absolute Gasteiger partial charge is 0.330 e. The first-order valence-corrected chi connectivity index (χ1v) is 11.2. The van der Waals surface area contributed by atoms with Gasteiger partial charge in [-0.3, -0.25) is 0 Å². The number of hydrogen-bond acceptors (Lipinski definition) is 4. The molecule has 1 aromatic carbocycles. The Morgan fingerprint density at radius 2 is 1.93 bits per heavy atom. The zero-order valence-electron chi connectivity index (χ0n) is 16.6. The predicted molar refractivity (Wildman–Crippen MR) is 113 cm³/mol. The third-order valence-corrected chi connectivity index (χ3v) is 6.36. The van der Waals surface area contributed by atoms with Crippen LogP contribution in [-0.4, -0.2) is 32.5 Å². The minimum Gasteiger partial charge on any atom is -0.463 e. The zero-order chi connectivity index (χ0) is 20.4. The maximum absolute atomic E-state index is 11.2. The zero-order valence-corrected chi connectivity index (χ0v) is 17.5. The molecule has 0 N–H and O–H groups in total. The molecule has 0 radical (unpaired) electrons. The monoisotopic (exact) mass is 392 g/mol. The Labute approximate surface area is 165 Å². The van der Waals surface area contributed by atoms with Crippen molar-refractivity contribution < 1.29 is 19.4 Å². The van der Waals surface area contributed by atoms with Gasteiger partial charge in [-0.1, -0.05) is 30.7 Å². The normalized spacial score (nSPS) is 19.4. The molecule has 4 nitrogen and oxygen atoms in total. The van der Waals surface area contributed by atoms with E-state index in [1.807, 2.05) is 12.1 Å². The van der Waals surface area contributed by atoms with Crippen LogP contribution in [0.15, 0.2) is 30.3 Å². The van der Waals surface area contributed by atoms with Crippen molar-refractivity contribution in [2.24, 2.45) is 5.92 Å². The molecule has 0 bridgehead atoms. The molecule has 2 rings (SSSR count). The first-order valence-electron chi connectivity index (χ1n) is 9.28. The van der Waals surface area contributed by atoms with Crippen LogP contribution in [0.25, 0.3) is 6.08 Å². The summed E-state index contributed by atoms with van der Waals surface area (Å²) in [7, 11) is -2.74. The van der Waals surface area contributed by atoms with Gasteiger partial charge in [0.1, 0.15) is 9.84 Å². The summed E-state index contributed by atoms with van der Waals surface area (Å²) in [6, 6.07) is 8.28. The summed E-state index contributed by atoms with van der Waals surface area (Å²) in [5.74, 6) is 3.46. The second-order valence-corrected chi connectivity index (χ2v) is 9.54. The molecule has 1 aliphatic rings. The molecular weight excluding hydrogens is 360 g/mol. The van der Waals surface area contributed by atoms with Crippen LogP contribution < -0.4 is 0 Å². The minimum atomic E-state index is -2.74. The third kappa shape index (κ3) is 8.01. The highest BCUT2D eigenvalue weighted by molar-refractivity contribution is 7.91. The Hall–Kier alpha value is -2.06. The van der Waals surface area contributed by atoms with E-state index >= 15 is 0 Å². The second-order valence-electron chi connectivity index (χ2n) is 6.94. The molecule has 5 heteroatoms. The van der Waals surface area contributed by atoms with Gasteiger partial charge in [0, 0.05) is 19.7 Å². The summed E-state index contributed by atoms with van der Waals surface area (Å²) in [5.41, 5.74) is 2.30. The fraction of sp³-hybridized carbons (Fsp3) is 0.500. The van der Waals surface area contributed by atoms with Gasteiger partial charge < -0.3 is 4.74 Å². The molecule has 27 heavy (non-hydrogen) atoms. The number of rotatable bonds is 5. The van der Waals surface area contributed by atoms with E-state index in [-0.39, 0.29) is 12.6 Å². The Morgan fingerprint density at radius 1 is 1.33 bits per heavy atom. The molecule has 1 fully saturated rings. The number of carbonyl (C=O) groups excluding carboxylic acids is 1. The van der Waals surface area contributed by atoms with Gasteiger partial charge in [-0.2, -0.15) is 0 Å². The van der Waals surface area contributed by atoms with Crippen molar-refractivity contribution in [3.05, 3.63) is 41.5 Å². The Balaban J connectivity index is 0.000000786. The van der Waals surface area contributed by atoms with E-state index in [2.05, 4.69) is 18.1 Å². The predicted octanol–water partition coefficient (Wildman–Crippen LogP) is 4.47. The van der Waals surface area contributed by atoms with Crippen LogP contribution in [0, 0.1) is 18.3 Å². The lowest BCUT2D eigenvalue weighted by Gasteiger charge is -2.15. The topological polar surface area (TPSA) is 60.4 Å². The summed E-state index contributed by atoms with van der Waals surface area (Å²) >= 11 is 0. The Kier molecular flexibility index (Phi) is 9.31. The molecule has 1 aromatic rings. The van der Waals surface area contributed by atoms with E-state index in [1.54, 1.807) is 26.8 Å². The van der Waals surface area contributed by atoms with E-state index in [4.69, 9.17) is 11.2 Å². The fourth-order valence-corrected chi connectivity index (χ4v) is 2.77. The first-order chi connectivity index (χ1) is 12.7. The summed E-state index contributed by atoms with van der Waals surface area (Å²) in [5, 5.41) is -0.229. The van der Waals surface area contributed by atoms with E-state index in [1.165, 1.54) is 30.7 Å². The molecule has 1 saturated carbocycles. The van der Waals surface area contributed by atoms with Gasteiger partial charge in [0.05, 0.1) is 11.9 Å². The molecule has 0 saturated heterocycles. The van der Waals surface area contributed by atoms with Crippen LogP contribution in [0.3, 0.4) is 0 Å². The molecule has 0 aliphatic heterocycles. The number of hydrogen-bond donors (Lipinski definition) is 0. The van der Waals surface area contributed by atoms with Gasteiger partial charge in [0.2, 0.25) is 0 Å². The lowest BCUT2D eigenvalue weighted by Crippen LogP contribution is -2.10. The lowest BCUT2D eigenvalue weighted by atomic mass is 9.89. The van der Waals surface area contributed by atoms with Crippen molar-refractivity contribution >= 4 is 21.9 Å². The van der Waals surface area contributed by atoms with E-state index < -0.39 is 9.84 Å². The number of benzene rings is 1. The van der Waals surface area contributed by atoms with Gasteiger partial charge in [0.15, 0.2) is 0 Å². The van der Waals surface area contributed by atoms with Gasteiger partial charge in [-0.15, -0.1) is 12.3 Å². The highest BCUT2D eigenvalue weighted by atomic mass is 32.2. The van der Waals surface area contributed by atoms with E-state index in [0.717, 1.165) is 12.0 Å². The number of terminal acetylenes is 1. The molecule has 150 valence electrons. The van der Waals surface area contributed by atoms with Gasteiger partial charge in [-0.25, -0.2) is 13.2 Å². The maximum Gasteiger partial charge on any atom is 0.330 e.